The number of rotatable bonds is 5. The van der Waals surface area contributed by atoms with Crippen LogP contribution in [0.15, 0.2) is 60.7 Å². The Morgan fingerprint density at radius 3 is 2.71 bits per heavy atom. The standard InChI is InChI=1S/C28H27FN2O3/c1-33-27-14-21-18(12-28(27)34-16-19-6-2-4-8-23(19)29)10-11-30-15-26-22(13-25(21)30)20-7-3-5-9-24(20)31(26)17-32/h2-9,12,14,25,32H,10-11,13,15-17H2,1H3. The van der Waals surface area contributed by atoms with Crippen LogP contribution in [-0.4, -0.2) is 28.2 Å². The normalized spacial score (nSPS) is 17.2. The first-order valence-corrected chi connectivity index (χ1v) is 11.7. The van der Waals surface area contributed by atoms with Gasteiger partial charge in [-0.1, -0.05) is 36.4 Å². The van der Waals surface area contributed by atoms with Gasteiger partial charge in [-0.15, -0.1) is 0 Å². The molecule has 34 heavy (non-hydrogen) atoms. The fourth-order valence-corrected chi connectivity index (χ4v) is 5.62. The van der Waals surface area contributed by atoms with Gasteiger partial charge >= 0.3 is 0 Å². The first-order valence-electron chi connectivity index (χ1n) is 11.7. The maximum atomic E-state index is 14.1. The Hall–Kier alpha value is -3.35. The predicted octanol–water partition coefficient (Wildman–Crippen LogP) is 4.97. The maximum absolute atomic E-state index is 14.1. The van der Waals surface area contributed by atoms with Crippen molar-refractivity contribution in [1.82, 2.24) is 9.47 Å². The average Bonchev–Trinajstić information content (AvgIpc) is 3.19. The number of halogens is 1. The molecule has 1 unspecified atom stereocenters. The Labute approximate surface area is 198 Å². The van der Waals surface area contributed by atoms with Crippen molar-refractivity contribution in [3.8, 4) is 11.5 Å². The van der Waals surface area contributed by atoms with E-state index in [0.29, 0.717) is 17.1 Å². The molecule has 3 aromatic carbocycles. The number of ether oxygens (including phenoxy) is 2. The van der Waals surface area contributed by atoms with Crippen LogP contribution in [0.4, 0.5) is 4.39 Å². The van der Waals surface area contributed by atoms with Gasteiger partial charge in [0.2, 0.25) is 0 Å². The highest BCUT2D eigenvalue weighted by Gasteiger charge is 2.35. The molecule has 4 aromatic rings. The van der Waals surface area contributed by atoms with E-state index in [1.54, 1.807) is 19.2 Å². The lowest BCUT2D eigenvalue weighted by molar-refractivity contribution is 0.145. The van der Waals surface area contributed by atoms with E-state index >= 15 is 0 Å². The fourth-order valence-electron chi connectivity index (χ4n) is 5.62. The van der Waals surface area contributed by atoms with Crippen molar-refractivity contribution < 1.29 is 19.0 Å². The minimum atomic E-state index is -0.268. The number of fused-ring (bicyclic) bond motifs is 6. The second-order valence-corrected chi connectivity index (χ2v) is 9.03. The second kappa shape index (κ2) is 8.46. The summed E-state index contributed by atoms with van der Waals surface area (Å²) in [7, 11) is 1.64. The third kappa shape index (κ3) is 3.37. The summed E-state index contributed by atoms with van der Waals surface area (Å²) in [5.41, 5.74) is 6.64. The first kappa shape index (κ1) is 21.2. The largest absolute Gasteiger partial charge is 0.493 e. The third-order valence-electron chi connectivity index (χ3n) is 7.32. The van der Waals surface area contributed by atoms with Crippen LogP contribution < -0.4 is 9.47 Å². The van der Waals surface area contributed by atoms with Crippen LogP contribution >= 0.6 is 0 Å². The second-order valence-electron chi connectivity index (χ2n) is 9.03. The van der Waals surface area contributed by atoms with Crippen LogP contribution in [0.25, 0.3) is 10.9 Å². The van der Waals surface area contributed by atoms with Crippen molar-refractivity contribution >= 4 is 10.9 Å². The van der Waals surface area contributed by atoms with Gasteiger partial charge in [-0.2, -0.15) is 0 Å². The average molecular weight is 459 g/mol. The molecule has 6 heteroatoms. The highest BCUT2D eigenvalue weighted by molar-refractivity contribution is 5.86. The van der Waals surface area contributed by atoms with E-state index < -0.39 is 0 Å². The lowest BCUT2D eigenvalue weighted by Crippen LogP contribution is -2.39. The van der Waals surface area contributed by atoms with Gasteiger partial charge in [0.05, 0.1) is 12.6 Å². The fraction of sp³-hybridized carbons (Fsp3) is 0.286. The number of benzene rings is 3. The highest BCUT2D eigenvalue weighted by atomic mass is 19.1. The Kier molecular flexibility index (Phi) is 5.27. The van der Waals surface area contributed by atoms with E-state index in [4.69, 9.17) is 9.47 Å². The number of nitrogens with zero attached hydrogens (tertiary/aromatic N) is 2. The van der Waals surface area contributed by atoms with Gasteiger partial charge in [-0.25, -0.2) is 4.39 Å². The van der Waals surface area contributed by atoms with Gasteiger partial charge in [0.25, 0.3) is 0 Å². The van der Waals surface area contributed by atoms with Crippen LogP contribution in [0.1, 0.15) is 34.0 Å². The monoisotopic (exact) mass is 458 g/mol. The van der Waals surface area contributed by atoms with E-state index in [1.807, 2.05) is 16.7 Å². The lowest BCUT2D eigenvalue weighted by atomic mass is 9.85. The highest BCUT2D eigenvalue weighted by Crippen LogP contribution is 2.44. The van der Waals surface area contributed by atoms with Crippen molar-refractivity contribution in [3.63, 3.8) is 0 Å². The summed E-state index contributed by atoms with van der Waals surface area (Å²) in [6.07, 6.45) is 1.79. The van der Waals surface area contributed by atoms with Crippen LogP contribution in [0.5, 0.6) is 11.5 Å². The number of methoxy groups -OCH3 is 1. The molecule has 0 radical (unpaired) electrons. The van der Waals surface area contributed by atoms with Crippen molar-refractivity contribution in [3.05, 3.63) is 94.4 Å². The van der Waals surface area contributed by atoms with E-state index in [9.17, 15) is 9.50 Å². The van der Waals surface area contributed by atoms with Gasteiger partial charge in [0.15, 0.2) is 11.5 Å². The minimum Gasteiger partial charge on any atom is -0.493 e. The summed E-state index contributed by atoms with van der Waals surface area (Å²) in [5, 5.41) is 11.3. The molecule has 0 saturated heterocycles. The quantitative estimate of drug-likeness (QED) is 0.459. The maximum Gasteiger partial charge on any atom is 0.161 e. The summed E-state index contributed by atoms with van der Waals surface area (Å²) < 4.78 is 27.8. The van der Waals surface area contributed by atoms with E-state index in [2.05, 4.69) is 35.2 Å². The van der Waals surface area contributed by atoms with Crippen LogP contribution in [0.2, 0.25) is 0 Å². The zero-order chi connectivity index (χ0) is 23.2. The molecule has 5 nitrogen and oxygen atoms in total. The van der Waals surface area contributed by atoms with Gasteiger partial charge in [-0.3, -0.25) is 4.90 Å². The molecule has 0 amide bonds. The Morgan fingerprint density at radius 2 is 1.88 bits per heavy atom. The summed E-state index contributed by atoms with van der Waals surface area (Å²) in [6, 6.07) is 19.4. The van der Waals surface area contributed by atoms with Crippen LogP contribution in [0.3, 0.4) is 0 Å². The van der Waals surface area contributed by atoms with Crippen LogP contribution in [0, 0.1) is 5.82 Å². The molecule has 3 heterocycles. The van der Waals surface area contributed by atoms with Gasteiger partial charge in [0.1, 0.15) is 19.2 Å². The molecule has 2 aliphatic rings. The molecule has 1 atom stereocenters. The molecule has 0 saturated carbocycles. The topological polar surface area (TPSA) is 46.9 Å². The molecule has 0 bridgehead atoms. The molecule has 0 aliphatic carbocycles. The van der Waals surface area contributed by atoms with Crippen molar-refractivity contribution in [2.45, 2.75) is 38.8 Å². The molecule has 0 spiro atoms. The van der Waals surface area contributed by atoms with Gasteiger partial charge in [0, 0.05) is 35.8 Å². The smallest absolute Gasteiger partial charge is 0.161 e. The van der Waals surface area contributed by atoms with Crippen LogP contribution in [-0.2, 0) is 32.7 Å². The number of para-hydroxylation sites is 1. The Bertz CT molecular complexity index is 1380. The van der Waals surface area contributed by atoms with Gasteiger partial charge < -0.3 is 19.1 Å². The summed E-state index contributed by atoms with van der Waals surface area (Å²) >= 11 is 0. The first-order chi connectivity index (χ1) is 16.7. The number of aliphatic hydroxyl groups is 1. The molecule has 0 fully saturated rings. The molecule has 2 aliphatic heterocycles. The number of aromatic nitrogens is 1. The molecule has 6 rings (SSSR count). The Balaban J connectivity index is 1.35. The van der Waals surface area contributed by atoms with E-state index in [0.717, 1.165) is 31.4 Å². The molecular weight excluding hydrogens is 431 g/mol. The Morgan fingerprint density at radius 1 is 1.06 bits per heavy atom. The van der Waals surface area contributed by atoms with Gasteiger partial charge in [-0.05, 0) is 53.8 Å². The summed E-state index contributed by atoms with van der Waals surface area (Å²) in [4.78, 5) is 2.50. The summed E-state index contributed by atoms with van der Waals surface area (Å²) in [5.74, 6) is 1.04. The predicted molar refractivity (Wildman–Crippen MR) is 128 cm³/mol. The van der Waals surface area contributed by atoms with Crippen molar-refractivity contribution in [1.29, 1.82) is 0 Å². The zero-order valence-electron chi connectivity index (χ0n) is 19.1. The molecule has 174 valence electrons. The van der Waals surface area contributed by atoms with E-state index in [1.165, 1.54) is 33.8 Å². The number of aliphatic hydroxyl groups excluding tert-OH is 1. The molecule has 1 aromatic heterocycles. The van der Waals surface area contributed by atoms with E-state index in [-0.39, 0.29) is 25.2 Å². The molecule has 1 N–H and O–H groups in total. The zero-order valence-corrected chi connectivity index (χ0v) is 19.1. The van der Waals surface area contributed by atoms with Crippen molar-refractivity contribution in [2.24, 2.45) is 0 Å². The lowest BCUT2D eigenvalue weighted by Gasteiger charge is -2.41. The minimum absolute atomic E-state index is 0.0124. The van der Waals surface area contributed by atoms with Crippen molar-refractivity contribution in [2.75, 3.05) is 13.7 Å². The third-order valence-corrected chi connectivity index (χ3v) is 7.32. The number of hydrogen-bond donors (Lipinski definition) is 1. The SMILES string of the molecule is COc1cc2c(cc1OCc1ccccc1F)CCN1Cc3c(c4ccccc4n3CO)CC21. The summed E-state index contributed by atoms with van der Waals surface area (Å²) in [6.45, 7) is 1.88. The molecular formula is C28H27FN2O3. The number of hydrogen-bond acceptors (Lipinski definition) is 4.